The summed E-state index contributed by atoms with van der Waals surface area (Å²) in [6.07, 6.45) is 6.23. The quantitative estimate of drug-likeness (QED) is 0.488. The molecule has 29 heavy (non-hydrogen) atoms. The van der Waals surface area contributed by atoms with Crippen LogP contribution in [0.4, 0.5) is 11.5 Å². The van der Waals surface area contributed by atoms with Crippen LogP contribution in [0.25, 0.3) is 10.8 Å². The topological polar surface area (TPSA) is 74.1 Å². The molecule has 146 valence electrons. The Bertz CT molecular complexity index is 1160. The number of rotatable bonds is 5. The third-order valence-electron chi connectivity index (χ3n) is 4.74. The predicted octanol–water partition coefficient (Wildman–Crippen LogP) is 4.58. The first kappa shape index (κ1) is 17.8. The highest BCUT2D eigenvalue weighted by Crippen LogP contribution is 2.29. The third kappa shape index (κ3) is 3.69. The molecule has 3 aromatic heterocycles. The van der Waals surface area contributed by atoms with Gasteiger partial charge in [-0.2, -0.15) is 5.10 Å². The number of pyridine rings is 2. The Balaban J connectivity index is 1.35. The molecule has 0 saturated heterocycles. The van der Waals surface area contributed by atoms with E-state index in [-0.39, 0.29) is 0 Å². The fourth-order valence-electron chi connectivity index (χ4n) is 3.31. The van der Waals surface area contributed by atoms with E-state index in [1.165, 1.54) is 0 Å². The Morgan fingerprint density at radius 2 is 2.10 bits per heavy atom. The van der Waals surface area contributed by atoms with Gasteiger partial charge in [0.2, 0.25) is 5.88 Å². The van der Waals surface area contributed by atoms with Crippen molar-refractivity contribution in [2.45, 2.75) is 19.6 Å². The van der Waals surface area contributed by atoms with Crippen molar-refractivity contribution in [3.63, 3.8) is 0 Å². The molecule has 1 N–H and O–H groups in total. The van der Waals surface area contributed by atoms with Gasteiger partial charge in [0.15, 0.2) is 0 Å². The number of ether oxygens (including phenoxy) is 2. The minimum atomic E-state index is 0.410. The summed E-state index contributed by atoms with van der Waals surface area (Å²) < 4.78 is 13.6. The summed E-state index contributed by atoms with van der Waals surface area (Å²) in [5.74, 6) is 2.33. The molecule has 1 aliphatic heterocycles. The average Bonchev–Trinajstić information content (AvgIpc) is 3.17. The number of fused-ring (bicyclic) bond motifs is 2. The molecule has 5 rings (SSSR count). The molecule has 0 radical (unpaired) electrons. The molecule has 7 nitrogen and oxygen atoms in total. The van der Waals surface area contributed by atoms with E-state index in [1.807, 2.05) is 41.2 Å². The summed E-state index contributed by atoms with van der Waals surface area (Å²) in [5.41, 5.74) is 1.78. The van der Waals surface area contributed by atoms with Gasteiger partial charge in [0, 0.05) is 24.5 Å². The zero-order valence-corrected chi connectivity index (χ0v) is 16.3. The van der Waals surface area contributed by atoms with Gasteiger partial charge in [0.1, 0.15) is 23.3 Å². The van der Waals surface area contributed by atoms with E-state index in [1.54, 1.807) is 18.5 Å². The number of nitrogens with zero attached hydrogens (tertiary/aromatic N) is 4. The van der Waals surface area contributed by atoms with Crippen LogP contribution in [0.5, 0.6) is 11.6 Å². The van der Waals surface area contributed by atoms with E-state index in [9.17, 15) is 0 Å². The highest BCUT2D eigenvalue weighted by molar-refractivity contribution is 6.29. The molecule has 0 spiro atoms. The second-order valence-electron chi connectivity index (χ2n) is 6.73. The normalized spacial score (nSPS) is 13.0. The van der Waals surface area contributed by atoms with E-state index >= 15 is 0 Å². The molecule has 1 aliphatic rings. The SMILES string of the molecule is Clc1ccc(Nc2nccc3cc(OCc4cnn5c4OCCC5)ccc23)cn1. The lowest BCUT2D eigenvalue weighted by atomic mass is 10.1. The first-order valence-corrected chi connectivity index (χ1v) is 9.72. The molecule has 0 amide bonds. The van der Waals surface area contributed by atoms with Crippen LogP contribution < -0.4 is 14.8 Å². The van der Waals surface area contributed by atoms with Crippen molar-refractivity contribution < 1.29 is 9.47 Å². The molecule has 4 aromatic rings. The van der Waals surface area contributed by atoms with Crippen LogP contribution in [0.15, 0.2) is 55.0 Å². The summed E-state index contributed by atoms with van der Waals surface area (Å²) in [4.78, 5) is 8.54. The van der Waals surface area contributed by atoms with Crippen LogP contribution in [0.3, 0.4) is 0 Å². The van der Waals surface area contributed by atoms with Crippen molar-refractivity contribution in [1.82, 2.24) is 19.7 Å². The van der Waals surface area contributed by atoms with Gasteiger partial charge >= 0.3 is 0 Å². The molecule has 0 unspecified atom stereocenters. The number of halogens is 1. The van der Waals surface area contributed by atoms with E-state index in [0.717, 1.165) is 59.0 Å². The van der Waals surface area contributed by atoms with E-state index < -0.39 is 0 Å². The molecule has 0 saturated carbocycles. The van der Waals surface area contributed by atoms with Crippen molar-refractivity contribution in [2.24, 2.45) is 0 Å². The molecule has 0 aliphatic carbocycles. The lowest BCUT2D eigenvalue weighted by Gasteiger charge is -2.16. The van der Waals surface area contributed by atoms with E-state index in [4.69, 9.17) is 21.1 Å². The lowest BCUT2D eigenvalue weighted by Crippen LogP contribution is -2.15. The Morgan fingerprint density at radius 3 is 3.00 bits per heavy atom. The zero-order chi connectivity index (χ0) is 19.6. The number of hydrogen-bond acceptors (Lipinski definition) is 6. The summed E-state index contributed by atoms with van der Waals surface area (Å²) in [6, 6.07) is 11.5. The standard InChI is InChI=1S/C21H18ClN5O2/c22-19-5-2-16(12-24-19)26-20-18-4-3-17(10-14(18)6-7-23-20)29-13-15-11-25-27-8-1-9-28-21(15)27/h2-7,10-12H,1,8-9,13H2,(H,23,26). The zero-order valence-electron chi connectivity index (χ0n) is 15.5. The number of nitrogens with one attached hydrogen (secondary N) is 1. The van der Waals surface area contributed by atoms with Gasteiger partial charge in [-0.25, -0.2) is 14.6 Å². The average molecular weight is 408 g/mol. The van der Waals surface area contributed by atoms with Gasteiger partial charge in [-0.15, -0.1) is 0 Å². The predicted molar refractivity (Wildman–Crippen MR) is 111 cm³/mol. The highest BCUT2D eigenvalue weighted by Gasteiger charge is 2.16. The Hall–Kier alpha value is -3.32. The maximum Gasteiger partial charge on any atom is 0.218 e. The molecule has 4 heterocycles. The van der Waals surface area contributed by atoms with Crippen LogP contribution in [0.2, 0.25) is 5.15 Å². The molecule has 0 atom stereocenters. The molecular formula is C21H18ClN5O2. The van der Waals surface area contributed by atoms with Gasteiger partial charge in [-0.1, -0.05) is 11.6 Å². The van der Waals surface area contributed by atoms with E-state index in [0.29, 0.717) is 11.8 Å². The fraction of sp³-hybridized carbons (Fsp3) is 0.190. The lowest BCUT2D eigenvalue weighted by molar-refractivity contribution is 0.220. The molecule has 8 heteroatoms. The fourth-order valence-corrected chi connectivity index (χ4v) is 3.43. The first-order chi connectivity index (χ1) is 14.3. The maximum absolute atomic E-state index is 6.00. The maximum atomic E-state index is 6.00. The van der Waals surface area contributed by atoms with Gasteiger partial charge in [-0.3, -0.25) is 0 Å². The Morgan fingerprint density at radius 1 is 1.14 bits per heavy atom. The molecular weight excluding hydrogens is 390 g/mol. The highest BCUT2D eigenvalue weighted by atomic mass is 35.5. The minimum Gasteiger partial charge on any atom is -0.489 e. The van der Waals surface area contributed by atoms with E-state index in [2.05, 4.69) is 20.4 Å². The number of aryl methyl sites for hydroxylation is 1. The number of anilines is 2. The second kappa shape index (κ2) is 7.60. The van der Waals surface area contributed by atoms with Crippen LogP contribution in [0, 0.1) is 0 Å². The van der Waals surface area contributed by atoms with Gasteiger partial charge in [0.05, 0.1) is 30.3 Å². The number of aromatic nitrogens is 4. The van der Waals surface area contributed by atoms with Crippen LogP contribution in [-0.4, -0.2) is 26.4 Å². The Labute approximate surface area is 172 Å². The first-order valence-electron chi connectivity index (χ1n) is 9.34. The summed E-state index contributed by atoms with van der Waals surface area (Å²) in [5, 5.41) is 10.1. The number of hydrogen-bond donors (Lipinski definition) is 1. The van der Waals surface area contributed by atoms with Crippen molar-refractivity contribution in [2.75, 3.05) is 11.9 Å². The van der Waals surface area contributed by atoms with Crippen molar-refractivity contribution >= 4 is 33.9 Å². The van der Waals surface area contributed by atoms with Crippen LogP contribution in [0.1, 0.15) is 12.0 Å². The van der Waals surface area contributed by atoms with Gasteiger partial charge in [-0.05, 0) is 41.8 Å². The van der Waals surface area contributed by atoms with Crippen molar-refractivity contribution in [3.8, 4) is 11.6 Å². The smallest absolute Gasteiger partial charge is 0.218 e. The van der Waals surface area contributed by atoms with Crippen LogP contribution in [-0.2, 0) is 13.2 Å². The minimum absolute atomic E-state index is 0.410. The molecule has 1 aromatic carbocycles. The Kier molecular flexibility index (Phi) is 4.65. The van der Waals surface area contributed by atoms with Crippen molar-refractivity contribution in [3.05, 3.63) is 65.7 Å². The summed E-state index contributed by atoms with van der Waals surface area (Å²) in [7, 11) is 0. The second-order valence-corrected chi connectivity index (χ2v) is 7.11. The molecule has 0 bridgehead atoms. The summed E-state index contributed by atoms with van der Waals surface area (Å²) >= 11 is 5.85. The third-order valence-corrected chi connectivity index (χ3v) is 4.96. The monoisotopic (exact) mass is 407 g/mol. The largest absolute Gasteiger partial charge is 0.489 e. The van der Waals surface area contributed by atoms with Gasteiger partial charge < -0.3 is 14.8 Å². The van der Waals surface area contributed by atoms with Crippen LogP contribution >= 0.6 is 11.6 Å². The van der Waals surface area contributed by atoms with Gasteiger partial charge in [0.25, 0.3) is 0 Å². The summed E-state index contributed by atoms with van der Waals surface area (Å²) in [6.45, 7) is 2.02. The number of benzene rings is 1. The van der Waals surface area contributed by atoms with Crippen molar-refractivity contribution in [1.29, 1.82) is 0 Å². The molecule has 0 fully saturated rings.